The molecular formula is C37H31F3N2O4. The van der Waals surface area contributed by atoms with Crippen molar-refractivity contribution in [3.05, 3.63) is 131 Å². The molecule has 4 aromatic carbocycles. The lowest BCUT2D eigenvalue weighted by Crippen LogP contribution is -2.47. The van der Waals surface area contributed by atoms with E-state index in [1.165, 1.54) is 12.3 Å². The lowest BCUT2D eigenvalue weighted by molar-refractivity contribution is -0.149. The molecule has 1 fully saturated rings. The summed E-state index contributed by atoms with van der Waals surface area (Å²) in [4.78, 5) is 31.6. The number of nitrogens with zero attached hydrogens (tertiary/aromatic N) is 2. The number of carbonyl (C=O) groups excluding carboxylic acids is 1. The molecule has 0 amide bonds. The van der Waals surface area contributed by atoms with Crippen molar-refractivity contribution in [1.82, 2.24) is 9.88 Å². The van der Waals surface area contributed by atoms with Crippen molar-refractivity contribution in [1.29, 1.82) is 0 Å². The maximum Gasteiger partial charge on any atom is 0.418 e. The minimum atomic E-state index is -4.63. The van der Waals surface area contributed by atoms with Crippen LogP contribution in [-0.4, -0.2) is 38.8 Å². The first-order valence-electron chi connectivity index (χ1n) is 14.9. The molecule has 1 N–H and O–H groups in total. The van der Waals surface area contributed by atoms with Crippen LogP contribution in [0.25, 0.3) is 22.0 Å². The summed E-state index contributed by atoms with van der Waals surface area (Å²) in [6.45, 7) is 3.26. The fourth-order valence-corrected chi connectivity index (χ4v) is 6.06. The van der Waals surface area contributed by atoms with Gasteiger partial charge in [-0.3, -0.25) is 19.5 Å². The van der Waals surface area contributed by atoms with Crippen LogP contribution >= 0.6 is 0 Å². The third-order valence-corrected chi connectivity index (χ3v) is 8.66. The molecule has 0 spiro atoms. The molecule has 6 nitrogen and oxygen atoms in total. The van der Waals surface area contributed by atoms with Crippen molar-refractivity contribution < 1.29 is 32.6 Å². The van der Waals surface area contributed by atoms with Gasteiger partial charge in [0.05, 0.1) is 11.1 Å². The highest BCUT2D eigenvalue weighted by molar-refractivity contribution is 6.16. The molecule has 46 heavy (non-hydrogen) atoms. The number of carboxylic acids is 1. The lowest BCUT2D eigenvalue weighted by Gasteiger charge is -2.31. The van der Waals surface area contributed by atoms with Gasteiger partial charge in [0.1, 0.15) is 17.9 Å². The maximum absolute atomic E-state index is 13.9. The number of hydrogen-bond donors (Lipinski definition) is 1. The number of para-hydroxylation sites is 1. The topological polar surface area (TPSA) is 79.7 Å². The third-order valence-electron chi connectivity index (χ3n) is 8.66. The fraction of sp³-hybridized carbons (Fsp3) is 0.216. The number of hydrogen-bond acceptors (Lipinski definition) is 5. The Kier molecular flexibility index (Phi) is 8.35. The number of carbonyl (C=O) groups is 2. The third kappa shape index (κ3) is 6.10. The predicted molar refractivity (Wildman–Crippen MR) is 169 cm³/mol. The number of likely N-dealkylation sites (tertiary alicyclic amines) is 1. The van der Waals surface area contributed by atoms with Crippen molar-refractivity contribution in [3.63, 3.8) is 0 Å². The summed E-state index contributed by atoms with van der Waals surface area (Å²) < 4.78 is 47.9. The van der Waals surface area contributed by atoms with Gasteiger partial charge in [0.15, 0.2) is 5.78 Å². The van der Waals surface area contributed by atoms with E-state index in [-0.39, 0.29) is 28.9 Å². The Bertz CT molecular complexity index is 1910. The molecule has 1 aliphatic heterocycles. The predicted octanol–water partition coefficient (Wildman–Crippen LogP) is 8.17. The summed E-state index contributed by atoms with van der Waals surface area (Å²) in [7, 11) is 0. The van der Waals surface area contributed by atoms with Crippen LogP contribution in [0.3, 0.4) is 0 Å². The van der Waals surface area contributed by atoms with Crippen LogP contribution in [0.1, 0.15) is 52.4 Å². The summed E-state index contributed by atoms with van der Waals surface area (Å²) >= 11 is 0. The van der Waals surface area contributed by atoms with Crippen LogP contribution in [0.4, 0.5) is 13.2 Å². The summed E-state index contributed by atoms with van der Waals surface area (Å²) in [5.41, 5.74) is 1.34. The van der Waals surface area contributed by atoms with Gasteiger partial charge >= 0.3 is 12.1 Å². The molecular weight excluding hydrogens is 593 g/mol. The minimum absolute atomic E-state index is 0.183. The summed E-state index contributed by atoms with van der Waals surface area (Å²) in [6.07, 6.45) is -1.94. The number of aromatic nitrogens is 1. The van der Waals surface area contributed by atoms with E-state index in [1.807, 2.05) is 29.2 Å². The largest absolute Gasteiger partial charge is 0.489 e. The number of pyridine rings is 1. The molecule has 2 heterocycles. The monoisotopic (exact) mass is 624 g/mol. The SMILES string of the molecule is C[C@@]1(C(=O)O)CCCN1Cc1ccc(COc2cccc(-c3c(C(=O)c4ccccc4)cnc4c(C(F)(F)F)cccc34)c2)cc1. The Hall–Kier alpha value is -5.02. The van der Waals surface area contributed by atoms with E-state index >= 15 is 0 Å². The molecule has 5 aromatic rings. The van der Waals surface area contributed by atoms with Crippen LogP contribution in [0.15, 0.2) is 103 Å². The van der Waals surface area contributed by atoms with E-state index in [1.54, 1.807) is 67.6 Å². The van der Waals surface area contributed by atoms with E-state index < -0.39 is 23.2 Å². The highest BCUT2D eigenvalue weighted by atomic mass is 19.4. The molecule has 0 saturated carbocycles. The van der Waals surface area contributed by atoms with Gasteiger partial charge in [-0.15, -0.1) is 0 Å². The Balaban J connectivity index is 1.29. The normalized spacial score (nSPS) is 16.9. The Labute approximate surface area is 264 Å². The molecule has 0 aliphatic carbocycles. The molecule has 1 aliphatic rings. The van der Waals surface area contributed by atoms with Crippen LogP contribution in [0, 0.1) is 0 Å². The number of aliphatic carboxylic acids is 1. The smallest absolute Gasteiger partial charge is 0.418 e. The van der Waals surface area contributed by atoms with Gasteiger partial charge in [-0.1, -0.05) is 78.9 Å². The van der Waals surface area contributed by atoms with Crippen molar-refractivity contribution in [2.24, 2.45) is 0 Å². The number of carboxylic acid groups (broad SMARTS) is 1. The van der Waals surface area contributed by atoms with Gasteiger partial charge in [-0.05, 0) is 61.2 Å². The molecule has 9 heteroatoms. The number of ketones is 1. The average Bonchev–Trinajstić information content (AvgIpc) is 3.44. The second kappa shape index (κ2) is 12.4. The van der Waals surface area contributed by atoms with Crippen molar-refractivity contribution in [2.75, 3.05) is 6.54 Å². The Morgan fingerprint density at radius 1 is 0.935 bits per heavy atom. The summed E-state index contributed by atoms with van der Waals surface area (Å²) in [5.74, 6) is -0.688. The number of alkyl halides is 3. The average molecular weight is 625 g/mol. The first kappa shape index (κ1) is 31.0. The van der Waals surface area contributed by atoms with Gasteiger partial charge in [-0.25, -0.2) is 0 Å². The molecule has 1 saturated heterocycles. The Morgan fingerprint density at radius 3 is 2.37 bits per heavy atom. The zero-order valence-corrected chi connectivity index (χ0v) is 25.1. The zero-order valence-electron chi connectivity index (χ0n) is 25.1. The van der Waals surface area contributed by atoms with E-state index in [4.69, 9.17) is 4.74 Å². The molecule has 0 bridgehead atoms. The summed E-state index contributed by atoms with van der Waals surface area (Å²) in [5, 5.41) is 9.91. The fourth-order valence-electron chi connectivity index (χ4n) is 6.06. The highest BCUT2D eigenvalue weighted by Gasteiger charge is 2.43. The standard InChI is InChI=1S/C37H31F3N2O4/c1-36(35(44)45)18-7-19-42(36)22-24-14-16-25(17-15-24)23-46-28-11-5-10-27(20-28)32-29-12-6-13-31(37(38,39)40)33(29)41-21-30(32)34(43)26-8-3-2-4-9-26/h2-6,8-17,20-21H,7,18-19,22-23H2,1H3,(H,44,45)/t36-/m0/s1. The molecule has 234 valence electrons. The minimum Gasteiger partial charge on any atom is -0.489 e. The van der Waals surface area contributed by atoms with Crippen LogP contribution in [-0.2, 0) is 24.1 Å². The van der Waals surface area contributed by atoms with Gasteiger partial charge in [0, 0.05) is 34.8 Å². The second-order valence-electron chi connectivity index (χ2n) is 11.7. The zero-order chi connectivity index (χ0) is 32.5. The highest BCUT2D eigenvalue weighted by Crippen LogP contribution is 2.40. The van der Waals surface area contributed by atoms with Crippen molar-refractivity contribution in [2.45, 2.75) is 44.6 Å². The van der Waals surface area contributed by atoms with Crippen molar-refractivity contribution in [3.8, 4) is 16.9 Å². The van der Waals surface area contributed by atoms with E-state index in [2.05, 4.69) is 4.98 Å². The molecule has 1 aromatic heterocycles. The molecule has 0 radical (unpaired) electrons. The van der Waals surface area contributed by atoms with Crippen LogP contribution < -0.4 is 4.74 Å². The van der Waals surface area contributed by atoms with E-state index in [0.29, 0.717) is 35.4 Å². The number of ether oxygens (including phenoxy) is 1. The second-order valence-corrected chi connectivity index (χ2v) is 11.7. The Morgan fingerprint density at radius 2 is 1.65 bits per heavy atom. The number of fused-ring (bicyclic) bond motifs is 1. The molecule has 6 rings (SSSR count). The number of halogens is 3. The number of benzene rings is 4. The lowest BCUT2D eigenvalue weighted by atomic mass is 9.91. The molecule has 0 unspecified atom stereocenters. The molecule has 1 atom stereocenters. The van der Waals surface area contributed by atoms with Crippen LogP contribution in [0.2, 0.25) is 0 Å². The van der Waals surface area contributed by atoms with E-state index in [9.17, 15) is 27.9 Å². The first-order chi connectivity index (χ1) is 22.0. The van der Waals surface area contributed by atoms with E-state index in [0.717, 1.165) is 30.2 Å². The summed E-state index contributed by atoms with van der Waals surface area (Å²) in [6, 6.07) is 27.1. The van der Waals surface area contributed by atoms with Gasteiger partial charge in [0.2, 0.25) is 0 Å². The van der Waals surface area contributed by atoms with Crippen LogP contribution in [0.5, 0.6) is 5.75 Å². The van der Waals surface area contributed by atoms with Gasteiger partial charge in [-0.2, -0.15) is 13.2 Å². The maximum atomic E-state index is 13.9. The van der Waals surface area contributed by atoms with Gasteiger partial charge < -0.3 is 9.84 Å². The number of rotatable bonds is 9. The quantitative estimate of drug-likeness (QED) is 0.167. The van der Waals surface area contributed by atoms with Crippen molar-refractivity contribution >= 4 is 22.7 Å². The van der Waals surface area contributed by atoms with Gasteiger partial charge in [0.25, 0.3) is 0 Å². The first-order valence-corrected chi connectivity index (χ1v) is 14.9.